The molecule has 1 saturated carbocycles. The monoisotopic (exact) mass is 282 g/mol. The zero-order valence-corrected chi connectivity index (χ0v) is 11.8. The van der Waals surface area contributed by atoms with Gasteiger partial charge < -0.3 is 15.4 Å². The van der Waals surface area contributed by atoms with E-state index < -0.39 is 0 Å². The van der Waals surface area contributed by atoms with Gasteiger partial charge in [-0.25, -0.2) is 0 Å². The number of amides is 1. The molecule has 19 heavy (non-hydrogen) atoms. The lowest BCUT2D eigenvalue weighted by Gasteiger charge is -2.10. The lowest BCUT2D eigenvalue weighted by molar-refractivity contribution is -0.122. The predicted molar refractivity (Wildman–Crippen MR) is 75.4 cm³/mol. The molecule has 1 amide bonds. The molecule has 2 N–H and O–H groups in total. The molecule has 0 aliphatic heterocycles. The second kappa shape index (κ2) is 6.78. The highest BCUT2D eigenvalue weighted by Crippen LogP contribution is 2.28. The van der Waals surface area contributed by atoms with Crippen molar-refractivity contribution in [2.45, 2.75) is 19.4 Å². The molecule has 5 heteroatoms. The molecule has 1 fully saturated rings. The third kappa shape index (κ3) is 4.40. The van der Waals surface area contributed by atoms with Crippen LogP contribution in [0.2, 0.25) is 5.02 Å². The lowest BCUT2D eigenvalue weighted by Crippen LogP contribution is -2.32. The molecule has 0 aromatic heterocycles. The van der Waals surface area contributed by atoms with Gasteiger partial charge in [0.15, 0.2) is 0 Å². The highest BCUT2D eigenvalue weighted by atomic mass is 35.5. The van der Waals surface area contributed by atoms with Crippen molar-refractivity contribution in [3.8, 4) is 5.75 Å². The van der Waals surface area contributed by atoms with Gasteiger partial charge in [0.05, 0.1) is 7.11 Å². The number of carbonyl (C=O) groups excluding carboxylic acids is 1. The summed E-state index contributed by atoms with van der Waals surface area (Å²) in [7, 11) is 1.64. The van der Waals surface area contributed by atoms with E-state index in [9.17, 15) is 4.79 Å². The molecular weight excluding hydrogens is 264 g/mol. The van der Waals surface area contributed by atoms with Gasteiger partial charge in [0.2, 0.25) is 5.91 Å². The van der Waals surface area contributed by atoms with Crippen LogP contribution < -0.4 is 15.4 Å². The number of hydrogen-bond donors (Lipinski definition) is 2. The van der Waals surface area contributed by atoms with Crippen molar-refractivity contribution >= 4 is 17.5 Å². The van der Waals surface area contributed by atoms with Crippen LogP contribution in [0.1, 0.15) is 18.4 Å². The van der Waals surface area contributed by atoms with Crippen LogP contribution in [0.4, 0.5) is 0 Å². The fraction of sp³-hybridized carbons (Fsp3) is 0.500. The zero-order valence-electron chi connectivity index (χ0n) is 11.0. The van der Waals surface area contributed by atoms with E-state index >= 15 is 0 Å². The Kier molecular flexibility index (Phi) is 5.05. The minimum Gasteiger partial charge on any atom is -0.496 e. The van der Waals surface area contributed by atoms with E-state index in [1.54, 1.807) is 13.2 Å². The number of hydrogen-bond acceptors (Lipinski definition) is 3. The van der Waals surface area contributed by atoms with Crippen LogP contribution in [0.3, 0.4) is 0 Å². The number of ether oxygens (including phenoxy) is 1. The molecule has 0 heterocycles. The fourth-order valence-electron chi connectivity index (χ4n) is 1.87. The largest absolute Gasteiger partial charge is 0.496 e. The average Bonchev–Trinajstić information content (AvgIpc) is 3.22. The first-order valence-electron chi connectivity index (χ1n) is 6.51. The van der Waals surface area contributed by atoms with Crippen LogP contribution in [0.15, 0.2) is 18.2 Å². The highest BCUT2D eigenvalue weighted by Gasteiger charge is 2.28. The molecule has 0 spiro atoms. The Labute approximate surface area is 118 Å². The summed E-state index contributed by atoms with van der Waals surface area (Å²) in [5.74, 6) is 1.27. The number of methoxy groups -OCH3 is 1. The number of halogens is 1. The third-order valence-electron chi connectivity index (χ3n) is 3.11. The van der Waals surface area contributed by atoms with E-state index in [0.717, 1.165) is 30.7 Å². The molecular formula is C14H19ClN2O2. The van der Waals surface area contributed by atoms with Gasteiger partial charge in [-0.15, -0.1) is 0 Å². The lowest BCUT2D eigenvalue weighted by atomic mass is 10.2. The molecule has 0 unspecified atom stereocenters. The van der Waals surface area contributed by atoms with Crippen LogP contribution in [0, 0.1) is 5.92 Å². The molecule has 104 valence electrons. The Morgan fingerprint density at radius 3 is 2.89 bits per heavy atom. The molecule has 0 bridgehead atoms. The van der Waals surface area contributed by atoms with Crippen molar-refractivity contribution < 1.29 is 9.53 Å². The second-order valence-corrected chi connectivity index (χ2v) is 5.13. The molecule has 0 atom stereocenters. The first-order chi connectivity index (χ1) is 9.20. The van der Waals surface area contributed by atoms with E-state index in [0.29, 0.717) is 18.1 Å². The summed E-state index contributed by atoms with van der Waals surface area (Å²) in [5.41, 5.74) is 1.02. The summed E-state index contributed by atoms with van der Waals surface area (Å²) in [4.78, 5) is 11.4. The minimum atomic E-state index is 0.183. The van der Waals surface area contributed by atoms with Crippen LogP contribution >= 0.6 is 11.6 Å². The summed E-state index contributed by atoms with van der Waals surface area (Å²) >= 11 is 5.96. The molecule has 2 rings (SSSR count). The fourth-order valence-corrected chi connectivity index (χ4v) is 2.07. The molecule has 1 aromatic carbocycles. The van der Waals surface area contributed by atoms with Crippen molar-refractivity contribution in [3.05, 3.63) is 28.8 Å². The SMILES string of the molecule is COc1ccc(Cl)cc1CNCCNC(=O)C1CC1. The average molecular weight is 283 g/mol. The number of carbonyl (C=O) groups is 1. The van der Waals surface area contributed by atoms with E-state index in [1.165, 1.54) is 0 Å². The highest BCUT2D eigenvalue weighted by molar-refractivity contribution is 6.30. The number of rotatable bonds is 7. The maximum Gasteiger partial charge on any atom is 0.223 e. The Hall–Kier alpha value is -1.26. The molecule has 1 aromatic rings. The summed E-state index contributed by atoms with van der Waals surface area (Å²) in [6, 6.07) is 5.55. The van der Waals surface area contributed by atoms with Crippen molar-refractivity contribution in [2.24, 2.45) is 5.92 Å². The van der Waals surface area contributed by atoms with Crippen molar-refractivity contribution in [1.29, 1.82) is 0 Å². The standard InChI is InChI=1S/C14H19ClN2O2/c1-19-13-5-4-12(15)8-11(13)9-16-6-7-17-14(18)10-2-3-10/h4-5,8,10,16H,2-3,6-7,9H2,1H3,(H,17,18). The second-order valence-electron chi connectivity index (χ2n) is 4.70. The topological polar surface area (TPSA) is 50.4 Å². The van der Waals surface area contributed by atoms with Crippen LogP contribution in [0.5, 0.6) is 5.75 Å². The van der Waals surface area contributed by atoms with Gasteiger partial charge in [-0.1, -0.05) is 11.6 Å². The van der Waals surface area contributed by atoms with Crippen molar-refractivity contribution in [1.82, 2.24) is 10.6 Å². The third-order valence-corrected chi connectivity index (χ3v) is 3.34. The maximum atomic E-state index is 11.4. The van der Waals surface area contributed by atoms with E-state index in [2.05, 4.69) is 10.6 Å². The van der Waals surface area contributed by atoms with Gasteiger partial charge in [-0.3, -0.25) is 4.79 Å². The van der Waals surface area contributed by atoms with E-state index in [-0.39, 0.29) is 11.8 Å². The summed E-state index contributed by atoms with van der Waals surface area (Å²) in [6.07, 6.45) is 2.08. The normalized spacial score (nSPS) is 14.2. The van der Waals surface area contributed by atoms with Gasteiger partial charge in [-0.05, 0) is 31.0 Å². The zero-order chi connectivity index (χ0) is 13.7. The summed E-state index contributed by atoms with van der Waals surface area (Å²) in [6.45, 7) is 2.05. The van der Waals surface area contributed by atoms with Crippen LogP contribution in [-0.4, -0.2) is 26.1 Å². The summed E-state index contributed by atoms with van der Waals surface area (Å²) < 4.78 is 5.27. The van der Waals surface area contributed by atoms with Gasteiger partial charge in [0.25, 0.3) is 0 Å². The molecule has 0 saturated heterocycles. The molecule has 1 aliphatic rings. The molecule has 0 radical (unpaired) electrons. The van der Waals surface area contributed by atoms with Crippen molar-refractivity contribution in [2.75, 3.05) is 20.2 Å². The van der Waals surface area contributed by atoms with Crippen LogP contribution in [0.25, 0.3) is 0 Å². The van der Waals surface area contributed by atoms with Crippen LogP contribution in [-0.2, 0) is 11.3 Å². The summed E-state index contributed by atoms with van der Waals surface area (Å²) in [5, 5.41) is 6.87. The Morgan fingerprint density at radius 1 is 1.42 bits per heavy atom. The quantitative estimate of drug-likeness (QED) is 0.752. The number of benzene rings is 1. The van der Waals surface area contributed by atoms with Gasteiger partial charge in [0.1, 0.15) is 5.75 Å². The van der Waals surface area contributed by atoms with Gasteiger partial charge in [0, 0.05) is 36.1 Å². The van der Waals surface area contributed by atoms with Crippen molar-refractivity contribution in [3.63, 3.8) is 0 Å². The first kappa shape index (κ1) is 14.2. The number of nitrogens with one attached hydrogen (secondary N) is 2. The Morgan fingerprint density at radius 2 is 2.21 bits per heavy atom. The minimum absolute atomic E-state index is 0.183. The van der Waals surface area contributed by atoms with E-state index in [1.807, 2.05) is 12.1 Å². The Balaban J connectivity index is 1.69. The molecule has 4 nitrogen and oxygen atoms in total. The smallest absolute Gasteiger partial charge is 0.223 e. The first-order valence-corrected chi connectivity index (χ1v) is 6.89. The van der Waals surface area contributed by atoms with Gasteiger partial charge >= 0.3 is 0 Å². The molecule has 1 aliphatic carbocycles. The Bertz CT molecular complexity index is 447. The van der Waals surface area contributed by atoms with Gasteiger partial charge in [-0.2, -0.15) is 0 Å². The maximum absolute atomic E-state index is 11.4. The predicted octanol–water partition coefficient (Wildman–Crippen LogP) is 1.96. The van der Waals surface area contributed by atoms with E-state index in [4.69, 9.17) is 16.3 Å².